The van der Waals surface area contributed by atoms with E-state index in [4.69, 9.17) is 4.42 Å². The molecule has 43 heavy (non-hydrogen) atoms. The number of hydrogen-bond acceptors (Lipinski definition) is 7. The van der Waals surface area contributed by atoms with Gasteiger partial charge in [0.1, 0.15) is 11.8 Å². The summed E-state index contributed by atoms with van der Waals surface area (Å²) in [6.45, 7) is 3.36. The molecular weight excluding hydrogens is 568 g/mol. The van der Waals surface area contributed by atoms with Crippen LogP contribution in [0.5, 0.6) is 0 Å². The van der Waals surface area contributed by atoms with Crippen molar-refractivity contribution in [3.8, 4) is 11.3 Å². The molecule has 5 rings (SSSR count). The number of ketones is 1. The fourth-order valence-electron chi connectivity index (χ4n) is 5.87. The number of nitrogens with one attached hydrogen (secondary N) is 2. The predicted molar refractivity (Wildman–Crippen MR) is 160 cm³/mol. The zero-order valence-electron chi connectivity index (χ0n) is 24.5. The Hall–Kier alpha value is -3.83. The number of aromatic nitrogens is 1. The van der Waals surface area contributed by atoms with Gasteiger partial charge in [-0.3, -0.25) is 14.4 Å². The number of aryl methyl sites for hydroxylation is 1. The topological polar surface area (TPSA) is 139 Å². The minimum atomic E-state index is -4.00. The van der Waals surface area contributed by atoms with Gasteiger partial charge in [-0.2, -0.15) is 4.31 Å². The van der Waals surface area contributed by atoms with E-state index < -0.39 is 45.7 Å². The molecule has 1 saturated carbocycles. The molecule has 10 nitrogen and oxygen atoms in total. The predicted octanol–water partition coefficient (Wildman–Crippen LogP) is 4.26. The van der Waals surface area contributed by atoms with E-state index in [0.29, 0.717) is 18.6 Å². The van der Waals surface area contributed by atoms with Gasteiger partial charge in [-0.05, 0) is 63.3 Å². The Morgan fingerprint density at radius 1 is 1.02 bits per heavy atom. The fraction of sp³-hybridized carbons (Fsp3) is 0.438. The van der Waals surface area contributed by atoms with E-state index in [2.05, 4.69) is 15.6 Å². The summed E-state index contributed by atoms with van der Waals surface area (Å²) in [5.74, 6) is -0.459. The number of benzene rings is 1. The Bertz CT molecular complexity index is 1550. The molecule has 2 fully saturated rings. The van der Waals surface area contributed by atoms with Gasteiger partial charge in [0, 0.05) is 17.8 Å². The zero-order chi connectivity index (χ0) is 30.6. The third-order valence-electron chi connectivity index (χ3n) is 8.42. The third kappa shape index (κ3) is 7.22. The quantitative estimate of drug-likeness (QED) is 0.371. The highest BCUT2D eigenvalue weighted by molar-refractivity contribution is 7.89. The number of nitrogens with zero attached hydrogens (tertiary/aromatic N) is 2. The first kappa shape index (κ1) is 30.6. The van der Waals surface area contributed by atoms with E-state index in [0.717, 1.165) is 41.1 Å². The summed E-state index contributed by atoms with van der Waals surface area (Å²) in [4.78, 5) is 44.1. The van der Waals surface area contributed by atoms with Gasteiger partial charge >= 0.3 is 0 Å². The normalized spacial score (nSPS) is 20.8. The van der Waals surface area contributed by atoms with Crippen LogP contribution in [0, 0.1) is 12.8 Å². The largest absolute Gasteiger partial charge is 0.451 e. The van der Waals surface area contributed by atoms with Crippen LogP contribution in [0.25, 0.3) is 11.3 Å². The summed E-state index contributed by atoms with van der Waals surface area (Å²) >= 11 is 0. The number of furan rings is 1. The molecule has 2 aromatic heterocycles. The Kier molecular flexibility index (Phi) is 9.41. The number of pyridine rings is 1. The molecule has 1 aliphatic heterocycles. The first-order chi connectivity index (χ1) is 20.6. The fourth-order valence-corrected chi connectivity index (χ4v) is 7.43. The molecule has 3 atom stereocenters. The Morgan fingerprint density at radius 2 is 1.77 bits per heavy atom. The van der Waals surface area contributed by atoms with E-state index in [-0.39, 0.29) is 29.7 Å². The van der Waals surface area contributed by atoms with Gasteiger partial charge in [-0.15, -0.1) is 0 Å². The first-order valence-electron chi connectivity index (χ1n) is 14.9. The van der Waals surface area contributed by atoms with E-state index in [1.165, 1.54) is 12.3 Å². The molecular formula is C32H38N4O6S. The summed E-state index contributed by atoms with van der Waals surface area (Å²) in [6.07, 6.45) is 6.58. The van der Waals surface area contributed by atoms with Crippen LogP contribution in [0.4, 0.5) is 0 Å². The number of rotatable bonds is 9. The number of carbonyl (C=O) groups excluding carboxylic acids is 3. The number of carbonyl (C=O) groups is 3. The van der Waals surface area contributed by atoms with Crippen molar-refractivity contribution >= 4 is 27.6 Å². The zero-order valence-corrected chi connectivity index (χ0v) is 25.3. The Balaban J connectivity index is 1.28. The summed E-state index contributed by atoms with van der Waals surface area (Å²) in [7, 11) is -4.00. The summed E-state index contributed by atoms with van der Waals surface area (Å²) in [5, 5.41) is 5.56. The molecule has 2 N–H and O–H groups in total. The van der Waals surface area contributed by atoms with Crippen molar-refractivity contribution in [2.75, 3.05) is 6.54 Å². The molecule has 3 heterocycles. The van der Waals surface area contributed by atoms with E-state index >= 15 is 0 Å². The lowest BCUT2D eigenvalue weighted by Gasteiger charge is -2.25. The van der Waals surface area contributed by atoms with Crippen molar-refractivity contribution < 1.29 is 27.2 Å². The van der Waals surface area contributed by atoms with Gasteiger partial charge in [0.25, 0.3) is 15.9 Å². The minimum Gasteiger partial charge on any atom is -0.451 e. The maximum atomic E-state index is 13.6. The molecule has 1 aliphatic carbocycles. The number of amides is 2. The van der Waals surface area contributed by atoms with Crippen LogP contribution >= 0.6 is 0 Å². The smallest absolute Gasteiger partial charge is 0.287 e. The number of hydrogen-bond donors (Lipinski definition) is 2. The first-order valence-corrected chi connectivity index (χ1v) is 16.3. The van der Waals surface area contributed by atoms with Crippen LogP contribution in [-0.4, -0.2) is 60.0 Å². The van der Waals surface area contributed by atoms with Crippen molar-refractivity contribution in [1.29, 1.82) is 0 Å². The molecule has 0 unspecified atom stereocenters. The van der Waals surface area contributed by atoms with Crippen molar-refractivity contribution in [3.63, 3.8) is 0 Å². The third-order valence-corrected chi connectivity index (χ3v) is 10.3. The van der Waals surface area contributed by atoms with Crippen LogP contribution in [0.1, 0.15) is 68.0 Å². The second-order valence-corrected chi connectivity index (χ2v) is 13.5. The van der Waals surface area contributed by atoms with Gasteiger partial charge in [0.2, 0.25) is 5.91 Å². The molecule has 228 valence electrons. The molecule has 0 bridgehead atoms. The van der Waals surface area contributed by atoms with Crippen LogP contribution < -0.4 is 10.6 Å². The lowest BCUT2D eigenvalue weighted by Crippen LogP contribution is -2.52. The summed E-state index contributed by atoms with van der Waals surface area (Å²) in [6, 6.07) is 13.5. The molecule has 1 aromatic carbocycles. The van der Waals surface area contributed by atoms with E-state index in [9.17, 15) is 22.8 Å². The average molecular weight is 607 g/mol. The summed E-state index contributed by atoms with van der Waals surface area (Å²) < 4.78 is 33.5. The molecule has 3 aromatic rings. The van der Waals surface area contributed by atoms with Crippen LogP contribution in [-0.2, 0) is 19.6 Å². The highest BCUT2D eigenvalue weighted by Crippen LogP contribution is 2.29. The molecule has 2 aliphatic rings. The summed E-state index contributed by atoms with van der Waals surface area (Å²) in [5.41, 5.74) is 1.95. The van der Waals surface area contributed by atoms with Crippen molar-refractivity contribution in [1.82, 2.24) is 19.9 Å². The molecule has 0 radical (unpaired) electrons. The lowest BCUT2D eigenvalue weighted by molar-refractivity contribution is -0.129. The monoisotopic (exact) mass is 606 g/mol. The lowest BCUT2D eigenvalue weighted by atomic mass is 9.97. The van der Waals surface area contributed by atoms with Gasteiger partial charge in [-0.25, -0.2) is 13.4 Å². The van der Waals surface area contributed by atoms with Crippen LogP contribution in [0.2, 0.25) is 0 Å². The average Bonchev–Trinajstić information content (AvgIpc) is 3.68. The SMILES string of the molecule is Cc1ccc(-c2ccc(C(=O)N[C@@H](CC3CCCC3)C(=O)N[C@H]3CC[C@@H](C)N(S(=O)(=O)c4ccccn4)CC3=O)o2)cc1. The molecule has 2 amide bonds. The maximum absolute atomic E-state index is 13.6. The highest BCUT2D eigenvalue weighted by atomic mass is 32.2. The molecule has 0 spiro atoms. The van der Waals surface area contributed by atoms with Gasteiger partial charge in [0.15, 0.2) is 16.6 Å². The standard InChI is InChI=1S/C32H38N4O6S/c1-21-10-13-24(14-11-21)28-16-17-29(42-28)32(39)35-26(19-23-7-3-4-8-23)31(38)34-25-15-12-22(2)36(20-27(25)37)43(40,41)30-9-5-6-18-33-30/h5-6,9-11,13-14,16-18,22-23,25-26H,3-4,7-8,12,15,19-20H2,1-2H3,(H,34,38)(H,35,39)/t22-,25+,26+/m1/s1. The second kappa shape index (κ2) is 13.2. The highest BCUT2D eigenvalue weighted by Gasteiger charge is 2.38. The van der Waals surface area contributed by atoms with Crippen LogP contribution in [0.15, 0.2) is 70.2 Å². The van der Waals surface area contributed by atoms with Gasteiger partial charge < -0.3 is 15.1 Å². The van der Waals surface area contributed by atoms with E-state index in [1.807, 2.05) is 31.2 Å². The molecule has 1 saturated heterocycles. The Labute approximate surface area is 252 Å². The van der Waals surface area contributed by atoms with Crippen LogP contribution in [0.3, 0.4) is 0 Å². The van der Waals surface area contributed by atoms with Gasteiger partial charge in [-0.1, -0.05) is 61.6 Å². The number of Topliss-reactive ketones (excluding diaryl/α,β-unsaturated/α-hetero) is 1. The minimum absolute atomic E-state index is 0.0922. The molecule has 11 heteroatoms. The maximum Gasteiger partial charge on any atom is 0.287 e. The van der Waals surface area contributed by atoms with Crippen molar-refractivity contribution in [3.05, 3.63) is 72.1 Å². The van der Waals surface area contributed by atoms with Gasteiger partial charge in [0.05, 0.1) is 12.6 Å². The Morgan fingerprint density at radius 3 is 2.47 bits per heavy atom. The van der Waals surface area contributed by atoms with E-state index in [1.54, 1.807) is 31.2 Å². The second-order valence-electron chi connectivity index (χ2n) is 11.6. The van der Waals surface area contributed by atoms with Crippen molar-refractivity contribution in [2.24, 2.45) is 5.92 Å². The number of sulfonamides is 1. The van der Waals surface area contributed by atoms with Crippen molar-refractivity contribution in [2.45, 2.75) is 81.9 Å².